The van der Waals surface area contributed by atoms with Crippen LogP contribution in [0.3, 0.4) is 0 Å². The van der Waals surface area contributed by atoms with E-state index in [4.69, 9.17) is 4.74 Å². The summed E-state index contributed by atoms with van der Waals surface area (Å²) in [6.07, 6.45) is 5.36. The summed E-state index contributed by atoms with van der Waals surface area (Å²) < 4.78 is 5.37. The van der Waals surface area contributed by atoms with Crippen molar-refractivity contribution < 1.29 is 14.3 Å². The maximum Gasteiger partial charge on any atom is 0.243 e. The number of carbonyl (C=O) groups is 2. The van der Waals surface area contributed by atoms with Crippen LogP contribution in [0, 0.1) is 5.92 Å². The molecule has 0 radical (unpaired) electrons. The molecule has 2 amide bonds. The molecule has 1 aromatic carbocycles. The van der Waals surface area contributed by atoms with Crippen LogP contribution in [0.1, 0.15) is 32.1 Å². The molecule has 26 heavy (non-hydrogen) atoms. The van der Waals surface area contributed by atoms with Gasteiger partial charge in [0.15, 0.2) is 0 Å². The lowest BCUT2D eigenvalue weighted by molar-refractivity contribution is -0.137. The highest BCUT2D eigenvalue weighted by Crippen LogP contribution is 2.25. The Morgan fingerprint density at radius 2 is 1.77 bits per heavy atom. The van der Waals surface area contributed by atoms with E-state index in [1.54, 1.807) is 11.9 Å². The number of morpholine rings is 1. The van der Waals surface area contributed by atoms with Crippen LogP contribution in [0.25, 0.3) is 0 Å². The van der Waals surface area contributed by atoms with Crippen LogP contribution in [0.2, 0.25) is 0 Å². The second-order valence-corrected chi connectivity index (χ2v) is 7.22. The Balaban J connectivity index is 1.48. The van der Waals surface area contributed by atoms with Gasteiger partial charge in [-0.2, -0.15) is 0 Å². The minimum absolute atomic E-state index is 0.0920. The first-order chi connectivity index (χ1) is 12.6. The lowest BCUT2D eigenvalue weighted by Gasteiger charge is -2.29. The Bertz CT molecular complexity index is 605. The van der Waals surface area contributed by atoms with Gasteiger partial charge in [0.25, 0.3) is 0 Å². The van der Waals surface area contributed by atoms with Gasteiger partial charge in [-0.05, 0) is 37.1 Å². The highest BCUT2D eigenvalue weighted by Gasteiger charge is 2.25. The zero-order valence-corrected chi connectivity index (χ0v) is 15.6. The molecule has 1 heterocycles. The first kappa shape index (κ1) is 18.7. The fourth-order valence-electron chi connectivity index (χ4n) is 3.73. The summed E-state index contributed by atoms with van der Waals surface area (Å²) in [7, 11) is 1.72. The van der Waals surface area contributed by atoms with Crippen molar-refractivity contribution in [1.82, 2.24) is 4.90 Å². The largest absolute Gasteiger partial charge is 0.378 e. The minimum atomic E-state index is -0.157. The van der Waals surface area contributed by atoms with Crippen molar-refractivity contribution >= 4 is 23.2 Å². The third kappa shape index (κ3) is 4.97. The number of ether oxygens (including phenoxy) is 1. The van der Waals surface area contributed by atoms with E-state index in [0.29, 0.717) is 0 Å². The Kier molecular flexibility index (Phi) is 6.50. The van der Waals surface area contributed by atoms with Gasteiger partial charge >= 0.3 is 0 Å². The van der Waals surface area contributed by atoms with Crippen molar-refractivity contribution in [3.05, 3.63) is 24.3 Å². The molecule has 0 atom stereocenters. The number of likely N-dealkylation sites (N-methyl/N-ethyl adjacent to an activating group) is 1. The van der Waals surface area contributed by atoms with E-state index in [0.717, 1.165) is 63.4 Å². The van der Waals surface area contributed by atoms with Crippen LogP contribution in [-0.4, -0.2) is 56.6 Å². The fraction of sp³-hybridized carbons (Fsp3) is 0.600. The van der Waals surface area contributed by atoms with Crippen molar-refractivity contribution in [2.75, 3.05) is 50.1 Å². The number of nitrogens with zero attached hydrogens (tertiary/aromatic N) is 2. The molecule has 1 saturated heterocycles. The third-order valence-corrected chi connectivity index (χ3v) is 5.24. The molecular formula is C20H29N3O3. The van der Waals surface area contributed by atoms with Gasteiger partial charge in [-0.25, -0.2) is 0 Å². The summed E-state index contributed by atoms with van der Waals surface area (Å²) in [4.78, 5) is 28.5. The molecule has 6 heteroatoms. The average molecular weight is 359 g/mol. The van der Waals surface area contributed by atoms with Crippen LogP contribution in [-0.2, 0) is 14.3 Å². The molecule has 0 spiro atoms. The average Bonchev–Trinajstić information content (AvgIpc) is 2.69. The second kappa shape index (κ2) is 9.03. The van der Waals surface area contributed by atoms with Crippen LogP contribution < -0.4 is 10.2 Å². The van der Waals surface area contributed by atoms with E-state index >= 15 is 0 Å². The summed E-state index contributed by atoms with van der Waals surface area (Å²) in [5.74, 6) is 0.0349. The standard InChI is InChI=1S/C20H29N3O3/c1-22(20(25)16-5-3-2-4-6-16)15-19(24)21-17-7-9-18(10-8-17)23-11-13-26-14-12-23/h7-10,16H,2-6,11-15H2,1H3,(H,21,24). The van der Waals surface area contributed by atoms with Crippen molar-refractivity contribution in [3.63, 3.8) is 0 Å². The minimum Gasteiger partial charge on any atom is -0.378 e. The van der Waals surface area contributed by atoms with Crippen LogP contribution in [0.4, 0.5) is 11.4 Å². The van der Waals surface area contributed by atoms with E-state index in [-0.39, 0.29) is 24.3 Å². The number of benzene rings is 1. The predicted molar refractivity (Wildman–Crippen MR) is 102 cm³/mol. The molecule has 2 fully saturated rings. The topological polar surface area (TPSA) is 61.9 Å². The van der Waals surface area contributed by atoms with Crippen LogP contribution >= 0.6 is 0 Å². The molecule has 0 bridgehead atoms. The fourth-order valence-corrected chi connectivity index (χ4v) is 3.73. The molecule has 142 valence electrons. The molecule has 1 aromatic rings. The molecule has 0 unspecified atom stereocenters. The molecule has 0 aromatic heterocycles. The monoisotopic (exact) mass is 359 g/mol. The Labute approximate surface area is 155 Å². The van der Waals surface area contributed by atoms with Crippen molar-refractivity contribution in [1.29, 1.82) is 0 Å². The number of anilines is 2. The number of hydrogen-bond acceptors (Lipinski definition) is 4. The highest BCUT2D eigenvalue weighted by atomic mass is 16.5. The molecule has 1 saturated carbocycles. The van der Waals surface area contributed by atoms with Crippen LogP contribution in [0.5, 0.6) is 0 Å². The molecule has 1 N–H and O–H groups in total. The predicted octanol–water partition coefficient (Wildman–Crippen LogP) is 2.50. The third-order valence-electron chi connectivity index (χ3n) is 5.24. The summed E-state index contributed by atoms with van der Waals surface area (Å²) in [6, 6.07) is 7.84. The first-order valence-corrected chi connectivity index (χ1v) is 9.61. The molecule has 3 rings (SSSR count). The van der Waals surface area contributed by atoms with Gasteiger partial charge in [-0.3, -0.25) is 9.59 Å². The highest BCUT2D eigenvalue weighted by molar-refractivity contribution is 5.94. The van der Waals surface area contributed by atoms with Crippen LogP contribution in [0.15, 0.2) is 24.3 Å². The zero-order chi connectivity index (χ0) is 18.4. The van der Waals surface area contributed by atoms with Gasteiger partial charge in [-0.15, -0.1) is 0 Å². The van der Waals surface area contributed by atoms with Gasteiger partial charge in [0.05, 0.1) is 19.8 Å². The van der Waals surface area contributed by atoms with Gasteiger partial charge in [0, 0.05) is 37.4 Å². The smallest absolute Gasteiger partial charge is 0.243 e. The van der Waals surface area contributed by atoms with Gasteiger partial charge < -0.3 is 19.9 Å². The second-order valence-electron chi connectivity index (χ2n) is 7.22. The molecule has 6 nitrogen and oxygen atoms in total. The van der Waals surface area contributed by atoms with Crippen molar-refractivity contribution in [3.8, 4) is 0 Å². The summed E-state index contributed by atoms with van der Waals surface area (Å²) in [6.45, 7) is 3.37. The quantitative estimate of drug-likeness (QED) is 0.877. The van der Waals surface area contributed by atoms with E-state index in [9.17, 15) is 9.59 Å². The van der Waals surface area contributed by atoms with E-state index in [1.165, 1.54) is 6.42 Å². The Hall–Kier alpha value is -2.08. The number of carbonyl (C=O) groups excluding carboxylic acids is 2. The first-order valence-electron chi connectivity index (χ1n) is 9.61. The molecule has 1 aliphatic heterocycles. The number of amides is 2. The van der Waals surface area contributed by atoms with Crippen molar-refractivity contribution in [2.45, 2.75) is 32.1 Å². The maximum absolute atomic E-state index is 12.4. The molecular weight excluding hydrogens is 330 g/mol. The maximum atomic E-state index is 12.4. The van der Waals surface area contributed by atoms with Crippen molar-refractivity contribution in [2.24, 2.45) is 5.92 Å². The van der Waals surface area contributed by atoms with E-state index in [2.05, 4.69) is 10.2 Å². The lowest BCUT2D eigenvalue weighted by atomic mass is 9.88. The molecule has 2 aliphatic rings. The summed E-state index contributed by atoms with van der Waals surface area (Å²) >= 11 is 0. The summed E-state index contributed by atoms with van der Waals surface area (Å²) in [5.41, 5.74) is 1.89. The lowest BCUT2D eigenvalue weighted by Crippen LogP contribution is -2.39. The summed E-state index contributed by atoms with van der Waals surface area (Å²) in [5, 5.41) is 2.88. The van der Waals surface area contributed by atoms with E-state index < -0.39 is 0 Å². The Morgan fingerprint density at radius 3 is 2.42 bits per heavy atom. The SMILES string of the molecule is CN(CC(=O)Nc1ccc(N2CCOCC2)cc1)C(=O)C1CCCCC1. The Morgan fingerprint density at radius 1 is 1.12 bits per heavy atom. The number of nitrogens with one attached hydrogen (secondary N) is 1. The van der Waals surface area contributed by atoms with E-state index in [1.807, 2.05) is 24.3 Å². The van der Waals surface area contributed by atoms with Gasteiger partial charge in [0.2, 0.25) is 11.8 Å². The normalized spacial score (nSPS) is 18.4. The van der Waals surface area contributed by atoms with Gasteiger partial charge in [-0.1, -0.05) is 19.3 Å². The number of hydrogen-bond donors (Lipinski definition) is 1. The van der Waals surface area contributed by atoms with Gasteiger partial charge in [0.1, 0.15) is 0 Å². The molecule has 1 aliphatic carbocycles. The zero-order valence-electron chi connectivity index (χ0n) is 15.6. The number of rotatable bonds is 5.